The Bertz CT molecular complexity index is 448. The number of hydrogen-bond acceptors (Lipinski definition) is 4. The molecule has 1 aromatic carbocycles. The molecule has 0 radical (unpaired) electrons. The third-order valence-electron chi connectivity index (χ3n) is 3.45. The highest BCUT2D eigenvalue weighted by Gasteiger charge is 2.13. The average molecular weight is 260 g/mol. The number of benzene rings is 1. The molecule has 0 spiro atoms. The van der Waals surface area contributed by atoms with E-state index in [0.717, 1.165) is 13.0 Å². The van der Waals surface area contributed by atoms with Gasteiger partial charge in [0.2, 0.25) is 0 Å². The Labute approximate surface area is 114 Å². The van der Waals surface area contributed by atoms with Crippen molar-refractivity contribution in [1.29, 1.82) is 5.26 Å². The van der Waals surface area contributed by atoms with Crippen molar-refractivity contribution in [3.8, 4) is 17.6 Å². The molecule has 1 unspecified atom stereocenters. The summed E-state index contributed by atoms with van der Waals surface area (Å²) >= 11 is 0. The van der Waals surface area contributed by atoms with Crippen LogP contribution in [0.15, 0.2) is 18.2 Å². The highest BCUT2D eigenvalue weighted by atomic mass is 16.5. The van der Waals surface area contributed by atoms with E-state index in [9.17, 15) is 0 Å². The van der Waals surface area contributed by atoms with Crippen LogP contribution in [0.3, 0.4) is 0 Å². The molecule has 4 heteroatoms. The first-order chi connectivity index (χ1) is 9.33. The van der Waals surface area contributed by atoms with E-state index in [2.05, 4.69) is 11.4 Å². The van der Waals surface area contributed by atoms with Gasteiger partial charge in [0.25, 0.3) is 0 Å². The van der Waals surface area contributed by atoms with E-state index in [4.69, 9.17) is 14.7 Å². The zero-order valence-electron chi connectivity index (χ0n) is 11.3. The first-order valence-electron chi connectivity index (χ1n) is 6.78. The van der Waals surface area contributed by atoms with Crippen molar-refractivity contribution < 1.29 is 9.47 Å². The molecular formula is C15H20N2O2. The molecule has 1 aliphatic rings. The smallest absolute Gasteiger partial charge is 0.140 e. The average Bonchev–Trinajstić information content (AvgIpc) is 2.48. The molecule has 0 saturated carbocycles. The first kappa shape index (κ1) is 13.7. The van der Waals surface area contributed by atoms with Gasteiger partial charge in [-0.15, -0.1) is 0 Å². The van der Waals surface area contributed by atoms with Crippen molar-refractivity contribution in [2.45, 2.75) is 31.7 Å². The third kappa shape index (κ3) is 3.87. The van der Waals surface area contributed by atoms with Gasteiger partial charge in [-0.05, 0) is 37.9 Å². The summed E-state index contributed by atoms with van der Waals surface area (Å²) in [4.78, 5) is 0. The van der Waals surface area contributed by atoms with Crippen LogP contribution in [0.1, 0.15) is 31.2 Å². The van der Waals surface area contributed by atoms with Crippen LogP contribution in [0.4, 0.5) is 0 Å². The van der Waals surface area contributed by atoms with Crippen molar-refractivity contribution in [1.82, 2.24) is 5.32 Å². The molecule has 1 aliphatic heterocycles. The van der Waals surface area contributed by atoms with E-state index < -0.39 is 0 Å². The van der Waals surface area contributed by atoms with Crippen LogP contribution >= 0.6 is 0 Å². The molecule has 0 aromatic heterocycles. The minimum atomic E-state index is 0.546. The number of rotatable bonds is 5. The molecule has 0 aliphatic carbocycles. The predicted molar refractivity (Wildman–Crippen MR) is 73.5 cm³/mol. The van der Waals surface area contributed by atoms with E-state index in [1.165, 1.54) is 19.3 Å². The van der Waals surface area contributed by atoms with Gasteiger partial charge >= 0.3 is 0 Å². The fourth-order valence-corrected chi connectivity index (χ4v) is 2.32. The van der Waals surface area contributed by atoms with Crippen LogP contribution in [-0.2, 0) is 0 Å². The standard InChI is InChI=1S/C15H20N2O2/c1-18-14-6-5-12(11-16)15(10-14)19-9-7-13-4-2-3-8-17-13/h5-6,10,13,17H,2-4,7-9H2,1H3. The van der Waals surface area contributed by atoms with Gasteiger partial charge in [-0.2, -0.15) is 5.26 Å². The maximum atomic E-state index is 9.05. The second kappa shape index (κ2) is 7.01. The zero-order valence-corrected chi connectivity index (χ0v) is 11.3. The predicted octanol–water partition coefficient (Wildman–Crippen LogP) is 2.48. The summed E-state index contributed by atoms with van der Waals surface area (Å²) in [7, 11) is 1.61. The van der Waals surface area contributed by atoms with E-state index in [1.807, 2.05) is 0 Å². The summed E-state index contributed by atoms with van der Waals surface area (Å²) in [5.41, 5.74) is 0.553. The van der Waals surface area contributed by atoms with Crippen LogP contribution in [0, 0.1) is 11.3 Å². The van der Waals surface area contributed by atoms with Crippen LogP contribution in [0.5, 0.6) is 11.5 Å². The van der Waals surface area contributed by atoms with Crippen molar-refractivity contribution in [2.24, 2.45) is 0 Å². The summed E-state index contributed by atoms with van der Waals surface area (Å²) in [5, 5.41) is 12.5. The quantitative estimate of drug-likeness (QED) is 0.883. The van der Waals surface area contributed by atoms with Gasteiger partial charge in [0, 0.05) is 12.1 Å². The molecular weight excluding hydrogens is 240 g/mol. The van der Waals surface area contributed by atoms with Crippen molar-refractivity contribution in [3.63, 3.8) is 0 Å². The number of methoxy groups -OCH3 is 1. The van der Waals surface area contributed by atoms with Crippen LogP contribution in [0.25, 0.3) is 0 Å². The Kier molecular flexibility index (Phi) is 5.05. The van der Waals surface area contributed by atoms with E-state index in [0.29, 0.717) is 29.7 Å². The van der Waals surface area contributed by atoms with Gasteiger partial charge in [0.15, 0.2) is 0 Å². The molecule has 1 atom stereocenters. The Balaban J connectivity index is 1.89. The molecule has 1 N–H and O–H groups in total. The number of ether oxygens (including phenoxy) is 2. The fourth-order valence-electron chi connectivity index (χ4n) is 2.32. The van der Waals surface area contributed by atoms with E-state index >= 15 is 0 Å². The number of hydrogen-bond donors (Lipinski definition) is 1. The summed E-state index contributed by atoms with van der Waals surface area (Å²) in [5.74, 6) is 1.32. The van der Waals surface area contributed by atoms with E-state index in [1.54, 1.807) is 25.3 Å². The highest BCUT2D eigenvalue weighted by molar-refractivity contribution is 5.47. The molecule has 0 amide bonds. The second-order valence-corrected chi connectivity index (χ2v) is 4.76. The SMILES string of the molecule is COc1ccc(C#N)c(OCCC2CCCCN2)c1. The number of nitriles is 1. The van der Waals surface area contributed by atoms with Crippen LogP contribution < -0.4 is 14.8 Å². The summed E-state index contributed by atoms with van der Waals surface area (Å²) in [6.07, 6.45) is 4.75. The molecule has 19 heavy (non-hydrogen) atoms. The van der Waals surface area contributed by atoms with Gasteiger partial charge in [0.05, 0.1) is 19.3 Å². The summed E-state index contributed by atoms with van der Waals surface area (Å²) < 4.78 is 10.9. The normalized spacial score (nSPS) is 18.6. The second-order valence-electron chi connectivity index (χ2n) is 4.76. The molecule has 102 valence electrons. The lowest BCUT2D eigenvalue weighted by atomic mass is 10.0. The largest absolute Gasteiger partial charge is 0.497 e. The number of nitrogens with zero attached hydrogens (tertiary/aromatic N) is 1. The lowest BCUT2D eigenvalue weighted by molar-refractivity contribution is 0.266. The Morgan fingerprint density at radius 1 is 1.42 bits per heavy atom. The zero-order chi connectivity index (χ0) is 13.5. The topological polar surface area (TPSA) is 54.3 Å². The van der Waals surface area contributed by atoms with E-state index in [-0.39, 0.29) is 0 Å². The molecule has 1 fully saturated rings. The lowest BCUT2D eigenvalue weighted by Gasteiger charge is -2.23. The van der Waals surface area contributed by atoms with Gasteiger partial charge < -0.3 is 14.8 Å². The fraction of sp³-hybridized carbons (Fsp3) is 0.533. The van der Waals surface area contributed by atoms with Gasteiger partial charge in [0.1, 0.15) is 17.6 Å². The maximum Gasteiger partial charge on any atom is 0.140 e. The molecule has 4 nitrogen and oxygen atoms in total. The van der Waals surface area contributed by atoms with Gasteiger partial charge in [-0.25, -0.2) is 0 Å². The minimum absolute atomic E-state index is 0.546. The Hall–Kier alpha value is -1.73. The monoisotopic (exact) mass is 260 g/mol. The van der Waals surface area contributed by atoms with Gasteiger partial charge in [-0.3, -0.25) is 0 Å². The molecule has 2 rings (SSSR count). The van der Waals surface area contributed by atoms with Crippen molar-refractivity contribution in [3.05, 3.63) is 23.8 Å². The highest BCUT2D eigenvalue weighted by Crippen LogP contribution is 2.24. The van der Waals surface area contributed by atoms with Crippen molar-refractivity contribution >= 4 is 0 Å². The van der Waals surface area contributed by atoms with Crippen LogP contribution in [-0.4, -0.2) is 26.3 Å². The van der Waals surface area contributed by atoms with Gasteiger partial charge in [-0.1, -0.05) is 6.42 Å². The first-order valence-corrected chi connectivity index (χ1v) is 6.78. The summed E-state index contributed by atoms with van der Waals surface area (Å²) in [6, 6.07) is 7.96. The molecule has 1 heterocycles. The minimum Gasteiger partial charge on any atom is -0.497 e. The molecule has 1 aromatic rings. The van der Waals surface area contributed by atoms with Crippen molar-refractivity contribution in [2.75, 3.05) is 20.3 Å². The number of piperidine rings is 1. The third-order valence-corrected chi connectivity index (χ3v) is 3.45. The Morgan fingerprint density at radius 3 is 3.00 bits per heavy atom. The Morgan fingerprint density at radius 2 is 2.32 bits per heavy atom. The lowest BCUT2D eigenvalue weighted by Crippen LogP contribution is -2.35. The maximum absolute atomic E-state index is 9.05. The molecule has 1 saturated heterocycles. The van der Waals surface area contributed by atoms with Crippen LogP contribution in [0.2, 0.25) is 0 Å². The summed E-state index contributed by atoms with van der Waals surface area (Å²) in [6.45, 7) is 1.73. The number of nitrogens with one attached hydrogen (secondary N) is 1. The molecule has 0 bridgehead atoms.